The highest BCUT2D eigenvalue weighted by Gasteiger charge is 2.17. The highest BCUT2D eigenvalue weighted by atomic mass is 32.2. The number of rotatable bonds is 5. The summed E-state index contributed by atoms with van der Waals surface area (Å²) in [6.07, 6.45) is 1.62. The molecule has 0 fully saturated rings. The van der Waals surface area contributed by atoms with E-state index >= 15 is 0 Å². The third-order valence-corrected chi connectivity index (χ3v) is 4.99. The van der Waals surface area contributed by atoms with Crippen molar-refractivity contribution in [2.75, 3.05) is 5.75 Å². The van der Waals surface area contributed by atoms with Crippen LogP contribution in [0, 0.1) is 6.92 Å². The first-order valence-corrected chi connectivity index (χ1v) is 8.70. The summed E-state index contributed by atoms with van der Waals surface area (Å²) in [7, 11) is 1.87. The fraction of sp³-hybridized carbons (Fsp3) is 0.167. The summed E-state index contributed by atoms with van der Waals surface area (Å²) in [6.45, 7) is 1.88. The van der Waals surface area contributed by atoms with Gasteiger partial charge in [-0.3, -0.25) is 4.79 Å². The van der Waals surface area contributed by atoms with E-state index in [9.17, 15) is 4.79 Å². The molecule has 7 heteroatoms. The maximum absolute atomic E-state index is 12.4. The Morgan fingerprint density at radius 1 is 1.24 bits per heavy atom. The van der Waals surface area contributed by atoms with Gasteiger partial charge in [-0.1, -0.05) is 30.0 Å². The van der Waals surface area contributed by atoms with Crippen molar-refractivity contribution in [2.24, 2.45) is 7.05 Å². The molecule has 0 bridgehead atoms. The standard InChI is InChI=1S/C18H15N3O3S/c1-11-13(7-8-23-11)17-19-20-18(21(17)2)25-10-14(22)16-9-12-5-3-4-6-15(12)24-16/h3-9H,10H2,1-2H3. The molecule has 0 amide bonds. The molecule has 4 aromatic rings. The maximum atomic E-state index is 12.4. The predicted molar refractivity (Wildman–Crippen MR) is 94.7 cm³/mol. The minimum Gasteiger partial charge on any atom is -0.469 e. The first kappa shape index (κ1) is 15.7. The van der Waals surface area contributed by atoms with Crippen LogP contribution in [-0.4, -0.2) is 26.3 Å². The summed E-state index contributed by atoms with van der Waals surface area (Å²) in [5.41, 5.74) is 1.61. The number of hydrogen-bond donors (Lipinski definition) is 0. The van der Waals surface area contributed by atoms with Gasteiger partial charge in [0.1, 0.15) is 11.3 Å². The third-order valence-electron chi connectivity index (χ3n) is 3.97. The molecule has 25 heavy (non-hydrogen) atoms. The van der Waals surface area contributed by atoms with Crippen LogP contribution < -0.4 is 0 Å². The Labute approximate surface area is 147 Å². The fourth-order valence-electron chi connectivity index (χ4n) is 2.61. The van der Waals surface area contributed by atoms with Gasteiger partial charge in [0.05, 0.1) is 17.6 Å². The van der Waals surface area contributed by atoms with Crippen molar-refractivity contribution in [3.05, 3.63) is 54.2 Å². The van der Waals surface area contributed by atoms with Crippen molar-refractivity contribution in [2.45, 2.75) is 12.1 Å². The Morgan fingerprint density at radius 2 is 2.08 bits per heavy atom. The molecule has 0 atom stereocenters. The SMILES string of the molecule is Cc1occc1-c1nnc(SCC(=O)c2cc3ccccc3o2)n1C. The van der Waals surface area contributed by atoms with E-state index in [0.29, 0.717) is 22.3 Å². The number of Topliss-reactive ketones (excluding diaryl/α,β-unsaturated/α-hetero) is 1. The van der Waals surface area contributed by atoms with Crippen molar-refractivity contribution in [3.63, 3.8) is 0 Å². The monoisotopic (exact) mass is 353 g/mol. The van der Waals surface area contributed by atoms with Crippen LogP contribution in [0.15, 0.2) is 56.7 Å². The van der Waals surface area contributed by atoms with Gasteiger partial charge in [-0.25, -0.2) is 0 Å². The summed E-state index contributed by atoms with van der Waals surface area (Å²) in [5.74, 6) is 2.01. The van der Waals surface area contributed by atoms with Crippen molar-refractivity contribution in [1.82, 2.24) is 14.8 Å². The van der Waals surface area contributed by atoms with Gasteiger partial charge in [0, 0.05) is 12.4 Å². The highest BCUT2D eigenvalue weighted by molar-refractivity contribution is 7.99. The van der Waals surface area contributed by atoms with Crippen molar-refractivity contribution < 1.29 is 13.6 Å². The van der Waals surface area contributed by atoms with Crippen LogP contribution in [0.1, 0.15) is 16.3 Å². The Kier molecular flexibility index (Phi) is 3.93. The molecule has 0 unspecified atom stereocenters. The molecule has 6 nitrogen and oxygen atoms in total. The number of carbonyl (C=O) groups is 1. The van der Waals surface area contributed by atoms with Gasteiger partial charge >= 0.3 is 0 Å². The average molecular weight is 353 g/mol. The van der Waals surface area contributed by atoms with Crippen molar-refractivity contribution in [3.8, 4) is 11.4 Å². The number of nitrogens with zero attached hydrogens (tertiary/aromatic N) is 3. The average Bonchev–Trinajstić information content (AvgIpc) is 3.31. The molecule has 3 aromatic heterocycles. The largest absolute Gasteiger partial charge is 0.469 e. The van der Waals surface area contributed by atoms with Gasteiger partial charge in [0.2, 0.25) is 5.78 Å². The number of thioether (sulfide) groups is 1. The topological polar surface area (TPSA) is 74.1 Å². The molecule has 0 N–H and O–H groups in total. The molecule has 126 valence electrons. The number of fused-ring (bicyclic) bond motifs is 1. The van der Waals surface area contributed by atoms with Crippen LogP contribution in [0.5, 0.6) is 0 Å². The zero-order valence-electron chi connectivity index (χ0n) is 13.7. The minimum atomic E-state index is -0.0785. The van der Waals surface area contributed by atoms with Crippen molar-refractivity contribution in [1.29, 1.82) is 0 Å². The van der Waals surface area contributed by atoms with Crippen molar-refractivity contribution >= 4 is 28.5 Å². The zero-order valence-corrected chi connectivity index (χ0v) is 14.5. The van der Waals surface area contributed by atoms with Gasteiger partial charge in [-0.15, -0.1) is 10.2 Å². The van der Waals surface area contributed by atoms with Gasteiger partial charge < -0.3 is 13.4 Å². The summed E-state index contributed by atoms with van der Waals surface area (Å²) >= 11 is 1.33. The van der Waals surface area contributed by atoms with Crippen LogP contribution in [0.4, 0.5) is 0 Å². The summed E-state index contributed by atoms with van der Waals surface area (Å²) in [4.78, 5) is 12.4. The first-order valence-electron chi connectivity index (χ1n) is 7.72. The smallest absolute Gasteiger partial charge is 0.208 e. The summed E-state index contributed by atoms with van der Waals surface area (Å²) in [6, 6.07) is 11.2. The molecule has 0 saturated heterocycles. The molecule has 3 heterocycles. The molecular weight excluding hydrogens is 338 g/mol. The normalized spacial score (nSPS) is 11.3. The second-order valence-corrected chi connectivity index (χ2v) is 6.56. The zero-order chi connectivity index (χ0) is 17.4. The number of aromatic nitrogens is 3. The Morgan fingerprint density at radius 3 is 2.84 bits per heavy atom. The quantitative estimate of drug-likeness (QED) is 0.397. The molecule has 0 aliphatic heterocycles. The van der Waals surface area contributed by atoms with Gasteiger partial charge in [-0.05, 0) is 25.1 Å². The fourth-order valence-corrected chi connectivity index (χ4v) is 3.39. The second-order valence-electron chi connectivity index (χ2n) is 5.62. The van der Waals surface area contributed by atoms with E-state index in [1.165, 1.54) is 11.8 Å². The predicted octanol–water partition coefficient (Wildman–Crippen LogP) is 4.10. The summed E-state index contributed by atoms with van der Waals surface area (Å²) in [5, 5.41) is 9.96. The Balaban J connectivity index is 1.51. The van der Waals surface area contributed by atoms with Gasteiger partial charge in [-0.2, -0.15) is 0 Å². The molecule has 0 radical (unpaired) electrons. The first-order chi connectivity index (χ1) is 12.1. The molecule has 0 aliphatic rings. The lowest BCUT2D eigenvalue weighted by Gasteiger charge is -2.02. The number of ketones is 1. The van der Waals surface area contributed by atoms with E-state index in [2.05, 4.69) is 10.2 Å². The number of furan rings is 2. The second kappa shape index (κ2) is 6.25. The lowest BCUT2D eigenvalue weighted by molar-refractivity contribution is 0.0994. The molecular formula is C18H15N3O3S. The Hall–Kier alpha value is -2.80. The number of para-hydroxylation sites is 1. The van der Waals surface area contributed by atoms with E-state index < -0.39 is 0 Å². The minimum absolute atomic E-state index is 0.0785. The van der Waals surface area contributed by atoms with E-state index in [1.807, 2.05) is 48.9 Å². The van der Waals surface area contributed by atoms with Crippen LogP contribution in [0.2, 0.25) is 0 Å². The lowest BCUT2D eigenvalue weighted by Crippen LogP contribution is -2.02. The van der Waals surface area contributed by atoms with Crippen LogP contribution >= 0.6 is 11.8 Å². The molecule has 0 spiro atoms. The number of carbonyl (C=O) groups excluding carboxylic acids is 1. The van der Waals surface area contributed by atoms with Crippen LogP contribution in [0.3, 0.4) is 0 Å². The number of benzene rings is 1. The number of hydrogen-bond acceptors (Lipinski definition) is 6. The Bertz CT molecular complexity index is 1030. The van der Waals surface area contributed by atoms with Crippen LogP contribution in [0.25, 0.3) is 22.4 Å². The lowest BCUT2D eigenvalue weighted by atomic mass is 10.2. The number of aryl methyl sites for hydroxylation is 1. The van der Waals surface area contributed by atoms with E-state index in [4.69, 9.17) is 8.83 Å². The van der Waals surface area contributed by atoms with E-state index in [0.717, 1.165) is 16.7 Å². The van der Waals surface area contributed by atoms with E-state index in [1.54, 1.807) is 12.3 Å². The summed E-state index contributed by atoms with van der Waals surface area (Å²) < 4.78 is 12.8. The third kappa shape index (κ3) is 2.87. The molecule has 1 aromatic carbocycles. The molecule has 0 aliphatic carbocycles. The van der Waals surface area contributed by atoms with Gasteiger partial charge in [0.25, 0.3) is 0 Å². The van der Waals surface area contributed by atoms with E-state index in [-0.39, 0.29) is 11.5 Å². The van der Waals surface area contributed by atoms with Crippen LogP contribution in [-0.2, 0) is 7.05 Å². The molecule has 4 rings (SSSR count). The molecule has 0 saturated carbocycles. The maximum Gasteiger partial charge on any atom is 0.208 e. The van der Waals surface area contributed by atoms with Gasteiger partial charge in [0.15, 0.2) is 16.7 Å². The highest BCUT2D eigenvalue weighted by Crippen LogP contribution is 2.27.